The Hall–Kier alpha value is -1.77. The van der Waals surface area contributed by atoms with Gasteiger partial charge in [0, 0.05) is 12.6 Å². The highest BCUT2D eigenvalue weighted by atomic mass is 32.2. The van der Waals surface area contributed by atoms with E-state index in [9.17, 15) is 8.42 Å². The molecule has 1 saturated heterocycles. The predicted molar refractivity (Wildman–Crippen MR) is 91.9 cm³/mol. The molecule has 0 radical (unpaired) electrons. The summed E-state index contributed by atoms with van der Waals surface area (Å²) >= 11 is 0. The molecule has 0 aliphatic carbocycles. The summed E-state index contributed by atoms with van der Waals surface area (Å²) in [6.07, 6.45) is 1.82. The van der Waals surface area contributed by atoms with Gasteiger partial charge in [0.25, 0.3) is 0 Å². The van der Waals surface area contributed by atoms with Crippen LogP contribution < -0.4 is 0 Å². The van der Waals surface area contributed by atoms with Crippen molar-refractivity contribution in [3.63, 3.8) is 0 Å². The van der Waals surface area contributed by atoms with Crippen LogP contribution in [0.25, 0.3) is 0 Å². The Labute approximate surface area is 142 Å². The monoisotopic (exact) mass is 349 g/mol. The minimum atomic E-state index is -3.22. The summed E-state index contributed by atoms with van der Waals surface area (Å²) in [5.41, 5.74) is 1.81. The van der Waals surface area contributed by atoms with Gasteiger partial charge in [-0.15, -0.1) is 5.10 Å². The van der Waals surface area contributed by atoms with Crippen molar-refractivity contribution in [1.82, 2.24) is 24.2 Å². The zero-order valence-electron chi connectivity index (χ0n) is 14.0. The van der Waals surface area contributed by atoms with Gasteiger partial charge in [0.05, 0.1) is 30.7 Å². The van der Waals surface area contributed by atoms with Crippen molar-refractivity contribution in [2.75, 3.05) is 25.9 Å². The average molecular weight is 349 g/mol. The van der Waals surface area contributed by atoms with Crippen molar-refractivity contribution >= 4 is 10.0 Å². The van der Waals surface area contributed by atoms with Crippen molar-refractivity contribution in [1.29, 1.82) is 0 Å². The van der Waals surface area contributed by atoms with Crippen LogP contribution in [0, 0.1) is 0 Å². The van der Waals surface area contributed by atoms with Gasteiger partial charge in [0.15, 0.2) is 0 Å². The highest BCUT2D eigenvalue weighted by Gasteiger charge is 2.37. The molecule has 1 atom stereocenters. The normalized spacial score (nSPS) is 20.7. The SMILES string of the molecule is CCN(C)C1CN(Cc2cn(Cc3ccccc3)nn2)S(=O)(=O)C1. The van der Waals surface area contributed by atoms with Crippen LogP contribution in [-0.4, -0.2) is 64.5 Å². The first-order valence-corrected chi connectivity index (χ1v) is 9.70. The summed E-state index contributed by atoms with van der Waals surface area (Å²) in [4.78, 5) is 2.07. The van der Waals surface area contributed by atoms with E-state index in [2.05, 4.69) is 15.2 Å². The standard InChI is InChI=1S/C16H23N5O2S/c1-3-19(2)16-12-21(24(22,23)13-16)11-15-10-20(18-17-15)9-14-7-5-4-6-8-14/h4-8,10,16H,3,9,11-13H2,1-2H3. The van der Waals surface area contributed by atoms with Crippen LogP contribution in [0.3, 0.4) is 0 Å². The Morgan fingerprint density at radius 1 is 1.25 bits per heavy atom. The minimum absolute atomic E-state index is 0.0411. The number of likely N-dealkylation sites (N-methyl/N-ethyl adjacent to an activating group) is 1. The predicted octanol–water partition coefficient (Wildman–Crippen LogP) is 0.792. The van der Waals surface area contributed by atoms with E-state index in [1.165, 1.54) is 4.31 Å². The highest BCUT2D eigenvalue weighted by Crippen LogP contribution is 2.20. The lowest BCUT2D eigenvalue weighted by atomic mass is 10.2. The summed E-state index contributed by atoms with van der Waals surface area (Å²) in [6, 6.07) is 10.0. The van der Waals surface area contributed by atoms with E-state index in [1.807, 2.05) is 50.5 Å². The molecule has 24 heavy (non-hydrogen) atoms. The molecule has 3 rings (SSSR count). The van der Waals surface area contributed by atoms with Gasteiger partial charge in [-0.2, -0.15) is 4.31 Å². The van der Waals surface area contributed by atoms with Crippen molar-refractivity contribution in [2.24, 2.45) is 0 Å². The van der Waals surface area contributed by atoms with Gasteiger partial charge in [-0.1, -0.05) is 42.5 Å². The maximum atomic E-state index is 12.3. The first-order chi connectivity index (χ1) is 11.5. The first kappa shape index (κ1) is 17.1. The molecule has 1 aromatic heterocycles. The molecule has 0 amide bonds. The van der Waals surface area contributed by atoms with E-state index < -0.39 is 10.0 Å². The van der Waals surface area contributed by atoms with Crippen molar-refractivity contribution in [3.8, 4) is 0 Å². The van der Waals surface area contributed by atoms with E-state index in [1.54, 1.807) is 4.68 Å². The molecule has 0 N–H and O–H groups in total. The Morgan fingerprint density at radius 2 is 2.00 bits per heavy atom. The zero-order chi connectivity index (χ0) is 17.2. The first-order valence-electron chi connectivity index (χ1n) is 8.09. The third-order valence-corrected chi connectivity index (χ3v) is 6.32. The van der Waals surface area contributed by atoms with Gasteiger partial charge < -0.3 is 4.90 Å². The lowest BCUT2D eigenvalue weighted by Gasteiger charge is -2.20. The molecule has 0 spiro atoms. The summed E-state index contributed by atoms with van der Waals surface area (Å²) in [5.74, 6) is 0.176. The molecule has 2 aromatic rings. The Kier molecular flexibility index (Phi) is 4.98. The van der Waals surface area contributed by atoms with Crippen molar-refractivity contribution in [2.45, 2.75) is 26.1 Å². The molecule has 2 heterocycles. The van der Waals surface area contributed by atoms with E-state index in [0.29, 0.717) is 18.8 Å². The lowest BCUT2D eigenvalue weighted by molar-refractivity contribution is 0.251. The minimum Gasteiger partial charge on any atom is -0.301 e. The number of rotatable bonds is 6. The van der Waals surface area contributed by atoms with Gasteiger partial charge in [0.2, 0.25) is 10.0 Å². The van der Waals surface area contributed by atoms with Crippen LogP contribution in [0.15, 0.2) is 36.5 Å². The topological polar surface area (TPSA) is 71.3 Å². The largest absolute Gasteiger partial charge is 0.301 e. The molecular formula is C16H23N5O2S. The van der Waals surface area contributed by atoms with E-state index >= 15 is 0 Å². The van der Waals surface area contributed by atoms with Crippen LogP contribution in [0.2, 0.25) is 0 Å². The van der Waals surface area contributed by atoms with Gasteiger partial charge in [-0.3, -0.25) is 0 Å². The molecule has 7 nitrogen and oxygen atoms in total. The van der Waals surface area contributed by atoms with Gasteiger partial charge in [-0.05, 0) is 19.2 Å². The molecule has 8 heteroatoms. The highest BCUT2D eigenvalue weighted by molar-refractivity contribution is 7.89. The third-order valence-electron chi connectivity index (χ3n) is 4.44. The van der Waals surface area contributed by atoms with Gasteiger partial charge >= 0.3 is 0 Å². The fraction of sp³-hybridized carbons (Fsp3) is 0.500. The third kappa shape index (κ3) is 3.82. The van der Waals surface area contributed by atoms with Gasteiger partial charge in [-0.25, -0.2) is 13.1 Å². The molecule has 0 bridgehead atoms. The molecule has 1 unspecified atom stereocenters. The quantitative estimate of drug-likeness (QED) is 0.771. The van der Waals surface area contributed by atoms with Gasteiger partial charge in [0.1, 0.15) is 0 Å². The maximum Gasteiger partial charge on any atom is 0.216 e. The Morgan fingerprint density at radius 3 is 2.71 bits per heavy atom. The van der Waals surface area contributed by atoms with Crippen molar-refractivity contribution in [3.05, 3.63) is 47.8 Å². The number of sulfonamides is 1. The van der Waals surface area contributed by atoms with Crippen LogP contribution in [0.1, 0.15) is 18.2 Å². The lowest BCUT2D eigenvalue weighted by Crippen LogP contribution is -2.35. The number of hydrogen-bond donors (Lipinski definition) is 0. The zero-order valence-corrected chi connectivity index (χ0v) is 14.9. The molecule has 1 fully saturated rings. The Balaban J connectivity index is 1.66. The van der Waals surface area contributed by atoms with E-state index in [4.69, 9.17) is 0 Å². The second-order valence-electron chi connectivity index (χ2n) is 6.19. The fourth-order valence-corrected chi connectivity index (χ4v) is 4.66. The Bertz CT molecular complexity index is 775. The van der Waals surface area contributed by atoms with Crippen LogP contribution >= 0.6 is 0 Å². The van der Waals surface area contributed by atoms with E-state index in [-0.39, 0.29) is 18.3 Å². The second kappa shape index (κ2) is 7.00. The number of hydrogen-bond acceptors (Lipinski definition) is 5. The average Bonchev–Trinajstić information content (AvgIpc) is 3.12. The number of benzene rings is 1. The molecule has 1 aliphatic rings. The number of nitrogens with zero attached hydrogens (tertiary/aromatic N) is 5. The molecule has 0 saturated carbocycles. The molecule has 130 valence electrons. The van der Waals surface area contributed by atoms with Crippen molar-refractivity contribution < 1.29 is 8.42 Å². The summed E-state index contributed by atoms with van der Waals surface area (Å²) in [5, 5.41) is 8.23. The second-order valence-corrected chi connectivity index (χ2v) is 8.20. The van der Waals surface area contributed by atoms with Crippen LogP contribution in [-0.2, 0) is 23.1 Å². The fourth-order valence-electron chi connectivity index (χ4n) is 2.88. The number of aromatic nitrogens is 3. The maximum absolute atomic E-state index is 12.3. The van der Waals surface area contributed by atoms with E-state index in [0.717, 1.165) is 12.1 Å². The molecular weight excluding hydrogens is 326 g/mol. The summed E-state index contributed by atoms with van der Waals surface area (Å²) in [6.45, 7) is 4.29. The molecule has 1 aliphatic heterocycles. The summed E-state index contributed by atoms with van der Waals surface area (Å²) < 4.78 is 27.9. The smallest absolute Gasteiger partial charge is 0.216 e. The van der Waals surface area contributed by atoms with Crippen LogP contribution in [0.5, 0.6) is 0 Å². The molecule has 1 aromatic carbocycles. The summed E-state index contributed by atoms with van der Waals surface area (Å²) in [7, 11) is -1.27. The van der Waals surface area contributed by atoms with Crippen LogP contribution in [0.4, 0.5) is 0 Å².